The normalized spacial score (nSPS) is 22.9. The van der Waals surface area contributed by atoms with Crippen molar-refractivity contribution in [3.63, 3.8) is 0 Å². The van der Waals surface area contributed by atoms with Gasteiger partial charge in [-0.1, -0.05) is 29.8 Å². The minimum atomic E-state index is 0.0914. The molecule has 0 bridgehead atoms. The van der Waals surface area contributed by atoms with Crippen molar-refractivity contribution >= 4 is 11.6 Å². The van der Waals surface area contributed by atoms with Crippen LogP contribution in [0.2, 0.25) is 0 Å². The van der Waals surface area contributed by atoms with E-state index in [4.69, 9.17) is 16.3 Å². The number of hydrogen-bond donors (Lipinski definition) is 0. The molecule has 2 atom stereocenters. The van der Waals surface area contributed by atoms with Crippen LogP contribution >= 0.6 is 11.6 Å². The standard InChI is InChI=1S/C13H17ClO/c1-10-4-6-11(7-5-10)13(14)9-12-3-2-8-15-12/h4-7,12-13H,2-3,8-9H2,1H3. The number of ether oxygens (including phenoxy) is 1. The number of alkyl halides is 1. The summed E-state index contributed by atoms with van der Waals surface area (Å²) in [6, 6.07) is 8.45. The summed E-state index contributed by atoms with van der Waals surface area (Å²) in [5.74, 6) is 0. The summed E-state index contributed by atoms with van der Waals surface area (Å²) in [4.78, 5) is 0. The Morgan fingerprint density at radius 3 is 2.73 bits per heavy atom. The third kappa shape index (κ3) is 2.96. The summed E-state index contributed by atoms with van der Waals surface area (Å²) in [5.41, 5.74) is 2.48. The largest absolute Gasteiger partial charge is 0.378 e. The lowest BCUT2D eigenvalue weighted by Gasteiger charge is -2.14. The molecule has 0 amide bonds. The van der Waals surface area contributed by atoms with Crippen molar-refractivity contribution in [1.82, 2.24) is 0 Å². The predicted molar refractivity (Wildman–Crippen MR) is 63.4 cm³/mol. The SMILES string of the molecule is Cc1ccc(C(Cl)CC2CCCO2)cc1. The van der Waals surface area contributed by atoms with E-state index in [0.717, 1.165) is 19.4 Å². The molecule has 1 aromatic carbocycles. The van der Waals surface area contributed by atoms with Crippen molar-refractivity contribution in [2.24, 2.45) is 0 Å². The summed E-state index contributed by atoms with van der Waals surface area (Å²) in [6.07, 6.45) is 3.65. The van der Waals surface area contributed by atoms with E-state index in [2.05, 4.69) is 31.2 Å². The van der Waals surface area contributed by atoms with Crippen molar-refractivity contribution in [2.45, 2.75) is 37.7 Å². The van der Waals surface area contributed by atoms with Crippen LogP contribution in [-0.2, 0) is 4.74 Å². The number of rotatable bonds is 3. The van der Waals surface area contributed by atoms with Crippen molar-refractivity contribution < 1.29 is 4.74 Å². The van der Waals surface area contributed by atoms with Crippen LogP contribution in [0.1, 0.15) is 35.8 Å². The molecule has 1 fully saturated rings. The predicted octanol–water partition coefficient (Wildman–Crippen LogP) is 3.84. The van der Waals surface area contributed by atoms with E-state index in [-0.39, 0.29) is 5.38 Å². The maximum Gasteiger partial charge on any atom is 0.0609 e. The van der Waals surface area contributed by atoms with Gasteiger partial charge in [-0.25, -0.2) is 0 Å². The molecule has 1 nitrogen and oxygen atoms in total. The van der Waals surface area contributed by atoms with E-state index in [0.29, 0.717) is 6.10 Å². The lowest BCUT2D eigenvalue weighted by atomic mass is 10.0. The van der Waals surface area contributed by atoms with Gasteiger partial charge in [0.1, 0.15) is 0 Å². The Morgan fingerprint density at radius 2 is 2.13 bits per heavy atom. The maximum absolute atomic E-state index is 6.36. The second-order valence-electron chi connectivity index (χ2n) is 4.25. The molecule has 1 aliphatic heterocycles. The average molecular weight is 225 g/mol. The van der Waals surface area contributed by atoms with Gasteiger partial charge < -0.3 is 4.74 Å². The first kappa shape index (κ1) is 11.0. The minimum absolute atomic E-state index is 0.0914. The summed E-state index contributed by atoms with van der Waals surface area (Å²) in [7, 11) is 0. The third-order valence-corrected chi connectivity index (χ3v) is 3.36. The maximum atomic E-state index is 6.36. The monoisotopic (exact) mass is 224 g/mol. The Morgan fingerprint density at radius 1 is 1.40 bits per heavy atom. The fourth-order valence-electron chi connectivity index (χ4n) is 1.97. The Kier molecular flexibility index (Phi) is 3.66. The van der Waals surface area contributed by atoms with Crippen LogP contribution in [0.5, 0.6) is 0 Å². The Balaban J connectivity index is 1.94. The van der Waals surface area contributed by atoms with E-state index in [1.54, 1.807) is 0 Å². The highest BCUT2D eigenvalue weighted by Gasteiger charge is 2.20. The number of aryl methyl sites for hydroxylation is 1. The molecular formula is C13H17ClO. The first-order chi connectivity index (χ1) is 7.25. The van der Waals surface area contributed by atoms with Gasteiger partial charge in [-0.2, -0.15) is 0 Å². The topological polar surface area (TPSA) is 9.23 Å². The fraction of sp³-hybridized carbons (Fsp3) is 0.538. The molecule has 0 spiro atoms. The molecule has 1 aromatic rings. The third-order valence-electron chi connectivity index (χ3n) is 2.93. The zero-order valence-corrected chi connectivity index (χ0v) is 9.83. The summed E-state index contributed by atoms with van der Waals surface area (Å²) in [6.45, 7) is 3.00. The van der Waals surface area contributed by atoms with Crippen molar-refractivity contribution in [3.05, 3.63) is 35.4 Å². The van der Waals surface area contributed by atoms with Gasteiger partial charge in [0.2, 0.25) is 0 Å². The number of benzene rings is 1. The molecule has 0 radical (unpaired) electrons. The van der Waals surface area contributed by atoms with Crippen LogP contribution < -0.4 is 0 Å². The zero-order chi connectivity index (χ0) is 10.7. The van der Waals surface area contributed by atoms with Crippen LogP contribution in [-0.4, -0.2) is 12.7 Å². The van der Waals surface area contributed by atoms with Crippen LogP contribution in [0, 0.1) is 6.92 Å². The smallest absolute Gasteiger partial charge is 0.0609 e. The summed E-state index contributed by atoms with van der Waals surface area (Å²) < 4.78 is 5.58. The summed E-state index contributed by atoms with van der Waals surface area (Å²) >= 11 is 6.36. The van der Waals surface area contributed by atoms with E-state index < -0.39 is 0 Å². The molecule has 1 aliphatic rings. The fourth-order valence-corrected chi connectivity index (χ4v) is 2.32. The van der Waals surface area contributed by atoms with E-state index in [1.807, 2.05) is 0 Å². The van der Waals surface area contributed by atoms with Crippen LogP contribution in [0.4, 0.5) is 0 Å². The van der Waals surface area contributed by atoms with Crippen LogP contribution in [0.3, 0.4) is 0 Å². The lowest BCUT2D eigenvalue weighted by molar-refractivity contribution is 0.103. The summed E-state index contributed by atoms with van der Waals surface area (Å²) in [5, 5.41) is 0.0914. The minimum Gasteiger partial charge on any atom is -0.378 e. The van der Waals surface area contributed by atoms with Gasteiger partial charge in [-0.15, -0.1) is 11.6 Å². The zero-order valence-electron chi connectivity index (χ0n) is 9.08. The molecule has 82 valence electrons. The van der Waals surface area contributed by atoms with Crippen molar-refractivity contribution in [1.29, 1.82) is 0 Å². The van der Waals surface area contributed by atoms with Gasteiger partial charge in [0.25, 0.3) is 0 Å². The van der Waals surface area contributed by atoms with Gasteiger partial charge in [0.05, 0.1) is 11.5 Å². The Labute approximate surface area is 96.4 Å². The van der Waals surface area contributed by atoms with Gasteiger partial charge in [-0.05, 0) is 31.7 Å². The highest BCUT2D eigenvalue weighted by molar-refractivity contribution is 6.20. The highest BCUT2D eigenvalue weighted by atomic mass is 35.5. The molecule has 0 aliphatic carbocycles. The molecule has 0 saturated carbocycles. The number of hydrogen-bond acceptors (Lipinski definition) is 1. The van der Waals surface area contributed by atoms with Gasteiger partial charge in [0, 0.05) is 6.61 Å². The Bertz CT molecular complexity index is 301. The molecule has 2 heteroatoms. The van der Waals surface area contributed by atoms with E-state index in [1.165, 1.54) is 17.5 Å². The average Bonchev–Trinajstić information content (AvgIpc) is 2.71. The highest BCUT2D eigenvalue weighted by Crippen LogP contribution is 2.30. The van der Waals surface area contributed by atoms with Crippen molar-refractivity contribution in [2.75, 3.05) is 6.61 Å². The van der Waals surface area contributed by atoms with Gasteiger partial charge in [0.15, 0.2) is 0 Å². The number of halogens is 1. The first-order valence-electron chi connectivity index (χ1n) is 5.58. The van der Waals surface area contributed by atoms with Crippen molar-refractivity contribution in [3.8, 4) is 0 Å². The first-order valence-corrected chi connectivity index (χ1v) is 6.01. The lowest BCUT2D eigenvalue weighted by Crippen LogP contribution is -2.08. The molecule has 0 aromatic heterocycles. The van der Waals surface area contributed by atoms with E-state index in [9.17, 15) is 0 Å². The molecule has 15 heavy (non-hydrogen) atoms. The molecule has 2 rings (SSSR count). The van der Waals surface area contributed by atoms with Crippen LogP contribution in [0.15, 0.2) is 24.3 Å². The molecule has 0 N–H and O–H groups in total. The second-order valence-corrected chi connectivity index (χ2v) is 4.78. The van der Waals surface area contributed by atoms with E-state index >= 15 is 0 Å². The molecule has 2 unspecified atom stereocenters. The van der Waals surface area contributed by atoms with Crippen LogP contribution in [0.25, 0.3) is 0 Å². The molecule has 1 heterocycles. The van der Waals surface area contributed by atoms with Gasteiger partial charge >= 0.3 is 0 Å². The van der Waals surface area contributed by atoms with Gasteiger partial charge in [-0.3, -0.25) is 0 Å². The quantitative estimate of drug-likeness (QED) is 0.709. The second kappa shape index (κ2) is 5.00. The molecular weight excluding hydrogens is 208 g/mol. The Hall–Kier alpha value is -0.530. The molecule has 1 saturated heterocycles.